The van der Waals surface area contributed by atoms with Crippen molar-refractivity contribution in [3.63, 3.8) is 0 Å². The lowest BCUT2D eigenvalue weighted by Gasteiger charge is -2.28. The first-order chi connectivity index (χ1) is 22.5. The van der Waals surface area contributed by atoms with Crippen LogP contribution >= 0.6 is 0 Å². The molecule has 218 valence electrons. The average Bonchev–Trinajstić information content (AvgIpc) is 3.71. The minimum atomic E-state index is -0.0607. The first-order valence-electron chi connectivity index (χ1n) is 15.8. The standard InChI is InChI=1S/C43H29NO2/c1-43(2)36-14-6-3-11-29(36)34-23-27(19-21-37(34)43)44(28-18-20-32-30-12-4-7-16-39(30)45-41(32)24-28)38-15-9-10-26-22-35-31-13-5-8-17-40(31)46-42(35)25-33(26)38/h3-25H,1-2H3. The van der Waals surface area contributed by atoms with Gasteiger partial charge in [0, 0.05) is 49.8 Å². The predicted octanol–water partition coefficient (Wildman–Crippen LogP) is 12.4. The molecule has 0 unspecified atom stereocenters. The second-order valence-corrected chi connectivity index (χ2v) is 13.0. The largest absolute Gasteiger partial charge is 0.456 e. The fourth-order valence-corrected chi connectivity index (χ4v) is 7.80. The number of rotatable bonds is 3. The Balaban J connectivity index is 1.25. The summed E-state index contributed by atoms with van der Waals surface area (Å²) in [5, 5.41) is 6.80. The monoisotopic (exact) mass is 591 g/mol. The van der Waals surface area contributed by atoms with E-state index >= 15 is 0 Å². The SMILES string of the molecule is CC1(C)c2ccccc2-c2cc(N(c3ccc4c(c3)oc3ccccc34)c3cccc4cc5c(cc34)oc3ccccc35)ccc21. The van der Waals surface area contributed by atoms with E-state index in [1.165, 1.54) is 27.6 Å². The van der Waals surface area contributed by atoms with Gasteiger partial charge in [-0.05, 0) is 82.2 Å². The van der Waals surface area contributed by atoms with Gasteiger partial charge in [-0.15, -0.1) is 0 Å². The smallest absolute Gasteiger partial charge is 0.137 e. The molecule has 0 atom stereocenters. The quantitative estimate of drug-likeness (QED) is 0.205. The van der Waals surface area contributed by atoms with Crippen LogP contribution in [0.25, 0.3) is 65.8 Å². The van der Waals surface area contributed by atoms with Gasteiger partial charge in [-0.2, -0.15) is 0 Å². The van der Waals surface area contributed by atoms with Gasteiger partial charge in [-0.3, -0.25) is 0 Å². The number of para-hydroxylation sites is 2. The zero-order chi connectivity index (χ0) is 30.6. The summed E-state index contributed by atoms with van der Waals surface area (Å²) in [4.78, 5) is 2.37. The van der Waals surface area contributed by atoms with E-state index in [9.17, 15) is 0 Å². The van der Waals surface area contributed by atoms with Crippen molar-refractivity contribution in [1.29, 1.82) is 0 Å². The predicted molar refractivity (Wildman–Crippen MR) is 191 cm³/mol. The van der Waals surface area contributed by atoms with Crippen molar-refractivity contribution in [1.82, 2.24) is 0 Å². The Kier molecular flexibility index (Phi) is 5.06. The number of furan rings is 2. The van der Waals surface area contributed by atoms with Crippen molar-refractivity contribution in [3.05, 3.63) is 151 Å². The topological polar surface area (TPSA) is 29.5 Å². The van der Waals surface area contributed by atoms with E-state index in [1.807, 2.05) is 24.3 Å². The molecule has 1 aliphatic rings. The molecular weight excluding hydrogens is 562 g/mol. The van der Waals surface area contributed by atoms with Crippen LogP contribution in [0.4, 0.5) is 17.1 Å². The summed E-state index contributed by atoms with van der Waals surface area (Å²) < 4.78 is 12.8. The van der Waals surface area contributed by atoms with Gasteiger partial charge >= 0.3 is 0 Å². The molecule has 3 heteroatoms. The third kappa shape index (κ3) is 3.48. The van der Waals surface area contributed by atoms with Crippen molar-refractivity contribution in [2.75, 3.05) is 4.90 Å². The highest BCUT2D eigenvalue weighted by atomic mass is 16.3. The van der Waals surface area contributed by atoms with E-state index in [4.69, 9.17) is 8.83 Å². The van der Waals surface area contributed by atoms with Crippen molar-refractivity contribution in [3.8, 4) is 11.1 Å². The fraction of sp³-hybridized carbons (Fsp3) is 0.0698. The molecule has 0 bridgehead atoms. The van der Waals surface area contributed by atoms with Gasteiger partial charge in [-0.25, -0.2) is 0 Å². The van der Waals surface area contributed by atoms with Gasteiger partial charge in [0.15, 0.2) is 0 Å². The van der Waals surface area contributed by atoms with Crippen molar-refractivity contribution >= 4 is 71.7 Å². The molecule has 0 fully saturated rings. The van der Waals surface area contributed by atoms with Crippen molar-refractivity contribution in [2.24, 2.45) is 0 Å². The molecule has 3 nitrogen and oxygen atoms in total. The minimum absolute atomic E-state index is 0.0607. The average molecular weight is 592 g/mol. The summed E-state index contributed by atoms with van der Waals surface area (Å²) in [6.07, 6.45) is 0. The maximum absolute atomic E-state index is 6.40. The van der Waals surface area contributed by atoms with Gasteiger partial charge in [0.2, 0.25) is 0 Å². The third-order valence-corrected chi connectivity index (χ3v) is 10.0. The molecule has 0 amide bonds. The van der Waals surface area contributed by atoms with Crippen LogP contribution in [0.2, 0.25) is 0 Å². The van der Waals surface area contributed by atoms with Crippen LogP contribution in [0, 0.1) is 0 Å². The van der Waals surface area contributed by atoms with E-state index in [2.05, 4.69) is 134 Å². The Morgan fingerprint density at radius 3 is 1.89 bits per heavy atom. The highest BCUT2D eigenvalue weighted by Gasteiger charge is 2.35. The van der Waals surface area contributed by atoms with E-state index < -0.39 is 0 Å². The molecule has 2 heterocycles. The van der Waals surface area contributed by atoms with Crippen LogP contribution in [-0.4, -0.2) is 0 Å². The summed E-state index contributed by atoms with van der Waals surface area (Å²) in [7, 11) is 0. The molecule has 0 radical (unpaired) electrons. The second kappa shape index (κ2) is 9.12. The Hall–Kier alpha value is -5.80. The zero-order valence-electron chi connectivity index (χ0n) is 25.5. The molecule has 0 aliphatic heterocycles. The number of hydrogen-bond acceptors (Lipinski definition) is 3. The van der Waals surface area contributed by atoms with E-state index in [-0.39, 0.29) is 5.41 Å². The fourth-order valence-electron chi connectivity index (χ4n) is 7.80. The van der Waals surface area contributed by atoms with E-state index in [0.29, 0.717) is 0 Å². The molecular formula is C43H29NO2. The summed E-state index contributed by atoms with van der Waals surface area (Å²) in [5.41, 5.74) is 12.0. The van der Waals surface area contributed by atoms with Gasteiger partial charge in [0.05, 0.1) is 5.69 Å². The van der Waals surface area contributed by atoms with Gasteiger partial charge in [0.1, 0.15) is 22.3 Å². The highest BCUT2D eigenvalue weighted by Crippen LogP contribution is 2.51. The van der Waals surface area contributed by atoms with Crippen LogP contribution in [0.3, 0.4) is 0 Å². The molecule has 0 saturated carbocycles. The molecule has 0 spiro atoms. The Morgan fingerprint density at radius 2 is 1.07 bits per heavy atom. The van der Waals surface area contributed by atoms with E-state index in [1.54, 1.807) is 0 Å². The lowest BCUT2D eigenvalue weighted by molar-refractivity contribution is 0.660. The maximum Gasteiger partial charge on any atom is 0.137 e. The molecule has 0 saturated heterocycles. The minimum Gasteiger partial charge on any atom is -0.456 e. The summed E-state index contributed by atoms with van der Waals surface area (Å²) in [6, 6.07) is 49.9. The third-order valence-electron chi connectivity index (χ3n) is 10.0. The van der Waals surface area contributed by atoms with Gasteiger partial charge in [0.25, 0.3) is 0 Å². The second-order valence-electron chi connectivity index (χ2n) is 13.0. The summed E-state index contributed by atoms with van der Waals surface area (Å²) >= 11 is 0. The molecule has 0 N–H and O–H groups in total. The maximum atomic E-state index is 6.40. The summed E-state index contributed by atoms with van der Waals surface area (Å²) in [6.45, 7) is 4.65. The normalized spacial score (nSPS) is 13.6. The van der Waals surface area contributed by atoms with E-state index in [0.717, 1.165) is 66.3 Å². The zero-order valence-corrected chi connectivity index (χ0v) is 25.5. The Bertz CT molecular complexity index is 2690. The van der Waals surface area contributed by atoms with Crippen LogP contribution < -0.4 is 4.90 Å². The number of hydrogen-bond donors (Lipinski definition) is 0. The van der Waals surface area contributed by atoms with Crippen molar-refractivity contribution in [2.45, 2.75) is 19.3 Å². The molecule has 46 heavy (non-hydrogen) atoms. The molecule has 7 aromatic carbocycles. The molecule has 2 aromatic heterocycles. The first kappa shape index (κ1) is 25.5. The molecule has 9 aromatic rings. The number of nitrogens with zero attached hydrogens (tertiary/aromatic N) is 1. The van der Waals surface area contributed by atoms with Crippen LogP contribution in [0.5, 0.6) is 0 Å². The lowest BCUT2D eigenvalue weighted by atomic mass is 9.82. The summed E-state index contributed by atoms with van der Waals surface area (Å²) in [5.74, 6) is 0. The van der Waals surface area contributed by atoms with Crippen LogP contribution in [0.15, 0.2) is 148 Å². The molecule has 10 rings (SSSR count). The Labute approximate surface area is 265 Å². The number of fused-ring (bicyclic) bond motifs is 10. The van der Waals surface area contributed by atoms with Gasteiger partial charge in [-0.1, -0.05) is 92.7 Å². The molecule has 1 aliphatic carbocycles. The number of benzene rings is 7. The number of anilines is 3. The Morgan fingerprint density at radius 1 is 0.435 bits per heavy atom. The highest BCUT2D eigenvalue weighted by molar-refractivity contribution is 6.13. The van der Waals surface area contributed by atoms with Crippen LogP contribution in [-0.2, 0) is 5.41 Å². The lowest BCUT2D eigenvalue weighted by Crippen LogP contribution is -2.15. The van der Waals surface area contributed by atoms with Gasteiger partial charge < -0.3 is 13.7 Å². The first-order valence-corrected chi connectivity index (χ1v) is 15.8. The van der Waals surface area contributed by atoms with Crippen molar-refractivity contribution < 1.29 is 8.83 Å². The van der Waals surface area contributed by atoms with Crippen LogP contribution in [0.1, 0.15) is 25.0 Å².